The number of hydrogen-bond acceptors (Lipinski definition) is 4. The molecule has 1 aliphatic rings. The zero-order valence-electron chi connectivity index (χ0n) is 13.5. The van der Waals surface area contributed by atoms with Crippen molar-refractivity contribution >= 4 is 0 Å². The summed E-state index contributed by atoms with van der Waals surface area (Å²) in [5, 5.41) is 3.45. The van der Waals surface area contributed by atoms with Crippen LogP contribution < -0.4 is 10.1 Å². The van der Waals surface area contributed by atoms with Crippen molar-refractivity contribution in [2.45, 2.75) is 26.8 Å². The predicted molar refractivity (Wildman–Crippen MR) is 86.0 cm³/mol. The van der Waals surface area contributed by atoms with Gasteiger partial charge in [0.25, 0.3) is 0 Å². The Hall–Kier alpha value is -1.10. The van der Waals surface area contributed by atoms with Gasteiger partial charge in [-0.3, -0.25) is 4.90 Å². The second kappa shape index (κ2) is 8.37. The molecule has 4 heteroatoms. The molecule has 4 nitrogen and oxygen atoms in total. The van der Waals surface area contributed by atoms with Crippen LogP contribution in [0.25, 0.3) is 0 Å². The number of aryl methyl sites for hydroxylation is 1. The first-order valence-electron chi connectivity index (χ1n) is 7.97. The van der Waals surface area contributed by atoms with E-state index in [9.17, 15) is 0 Å². The maximum atomic E-state index is 6.07. The molecule has 1 atom stereocenters. The molecule has 1 aromatic rings. The fourth-order valence-electron chi connectivity index (χ4n) is 2.65. The summed E-state index contributed by atoms with van der Waals surface area (Å²) in [4.78, 5) is 2.40. The minimum absolute atomic E-state index is 0.314. The second-order valence-electron chi connectivity index (χ2n) is 5.62. The van der Waals surface area contributed by atoms with Crippen molar-refractivity contribution in [2.24, 2.45) is 0 Å². The van der Waals surface area contributed by atoms with Crippen LogP contribution >= 0.6 is 0 Å². The SMILES string of the molecule is CCNC(C)c1ccc(C)cc1OCCN1CCOCC1. The molecule has 2 rings (SSSR count). The highest BCUT2D eigenvalue weighted by molar-refractivity contribution is 5.39. The van der Waals surface area contributed by atoms with Crippen LogP contribution in [-0.2, 0) is 4.74 Å². The first-order chi connectivity index (χ1) is 10.2. The number of hydrogen-bond donors (Lipinski definition) is 1. The molecule has 1 heterocycles. The molecule has 0 spiro atoms. The zero-order chi connectivity index (χ0) is 15.1. The maximum absolute atomic E-state index is 6.07. The van der Waals surface area contributed by atoms with Gasteiger partial charge >= 0.3 is 0 Å². The van der Waals surface area contributed by atoms with Gasteiger partial charge in [0.2, 0.25) is 0 Å². The first kappa shape index (κ1) is 16.3. The Balaban J connectivity index is 1.92. The minimum atomic E-state index is 0.314. The Morgan fingerprint density at radius 2 is 2.10 bits per heavy atom. The summed E-state index contributed by atoms with van der Waals surface area (Å²) in [6, 6.07) is 6.78. The van der Waals surface area contributed by atoms with E-state index in [-0.39, 0.29) is 0 Å². The number of morpholine rings is 1. The zero-order valence-corrected chi connectivity index (χ0v) is 13.5. The van der Waals surface area contributed by atoms with Crippen molar-refractivity contribution in [2.75, 3.05) is 46.0 Å². The number of nitrogens with one attached hydrogen (secondary N) is 1. The molecular formula is C17H28N2O2. The standard InChI is InChI=1S/C17H28N2O2/c1-4-18-15(3)16-6-5-14(2)13-17(16)21-12-9-19-7-10-20-11-8-19/h5-6,13,15,18H,4,7-12H2,1-3H3. The van der Waals surface area contributed by atoms with Gasteiger partial charge in [-0.25, -0.2) is 0 Å². The van der Waals surface area contributed by atoms with E-state index in [1.54, 1.807) is 0 Å². The summed E-state index contributed by atoms with van der Waals surface area (Å²) in [7, 11) is 0. The summed E-state index contributed by atoms with van der Waals surface area (Å²) in [5.74, 6) is 1.01. The molecule has 1 aromatic carbocycles. The van der Waals surface area contributed by atoms with E-state index < -0.39 is 0 Å². The predicted octanol–water partition coefficient (Wildman–Crippen LogP) is 2.38. The Kier molecular flexibility index (Phi) is 6.49. The van der Waals surface area contributed by atoms with Crippen LogP contribution in [0.1, 0.15) is 31.0 Å². The average Bonchev–Trinajstić information content (AvgIpc) is 2.49. The quantitative estimate of drug-likeness (QED) is 0.836. The van der Waals surface area contributed by atoms with Gasteiger partial charge in [0, 0.05) is 31.2 Å². The normalized spacial score (nSPS) is 17.7. The van der Waals surface area contributed by atoms with Crippen LogP contribution in [0.15, 0.2) is 18.2 Å². The highest BCUT2D eigenvalue weighted by Gasteiger charge is 2.13. The second-order valence-corrected chi connectivity index (χ2v) is 5.62. The third-order valence-electron chi connectivity index (χ3n) is 3.91. The molecular weight excluding hydrogens is 264 g/mol. The summed E-state index contributed by atoms with van der Waals surface area (Å²) >= 11 is 0. The molecule has 0 amide bonds. The van der Waals surface area contributed by atoms with E-state index >= 15 is 0 Å². The van der Waals surface area contributed by atoms with Gasteiger partial charge in [-0.2, -0.15) is 0 Å². The average molecular weight is 292 g/mol. The Labute approximate surface area is 128 Å². The number of benzene rings is 1. The molecule has 1 unspecified atom stereocenters. The fraction of sp³-hybridized carbons (Fsp3) is 0.647. The van der Waals surface area contributed by atoms with Crippen LogP contribution in [0.2, 0.25) is 0 Å². The van der Waals surface area contributed by atoms with E-state index in [1.165, 1.54) is 11.1 Å². The molecule has 1 saturated heterocycles. The topological polar surface area (TPSA) is 33.7 Å². The number of ether oxygens (including phenoxy) is 2. The van der Waals surface area contributed by atoms with Crippen LogP contribution in [0.5, 0.6) is 5.75 Å². The molecule has 118 valence electrons. The molecule has 0 bridgehead atoms. The van der Waals surface area contributed by atoms with Crippen LogP contribution in [-0.4, -0.2) is 50.9 Å². The molecule has 1 fully saturated rings. The lowest BCUT2D eigenvalue weighted by molar-refractivity contribution is 0.0322. The summed E-state index contributed by atoms with van der Waals surface area (Å²) in [6.45, 7) is 12.8. The third kappa shape index (κ3) is 4.99. The number of rotatable bonds is 7. The van der Waals surface area contributed by atoms with E-state index in [2.05, 4.69) is 49.2 Å². The lowest BCUT2D eigenvalue weighted by Crippen LogP contribution is -2.38. The van der Waals surface area contributed by atoms with E-state index in [1.807, 2.05) is 0 Å². The minimum Gasteiger partial charge on any atom is -0.492 e. The molecule has 21 heavy (non-hydrogen) atoms. The van der Waals surface area contributed by atoms with Crippen molar-refractivity contribution < 1.29 is 9.47 Å². The highest BCUT2D eigenvalue weighted by Crippen LogP contribution is 2.26. The van der Waals surface area contributed by atoms with Crippen molar-refractivity contribution in [3.05, 3.63) is 29.3 Å². The van der Waals surface area contributed by atoms with Crippen LogP contribution in [0.4, 0.5) is 0 Å². The first-order valence-corrected chi connectivity index (χ1v) is 7.97. The van der Waals surface area contributed by atoms with Crippen molar-refractivity contribution in [3.63, 3.8) is 0 Å². The van der Waals surface area contributed by atoms with Gasteiger partial charge in [0.15, 0.2) is 0 Å². The number of nitrogens with zero attached hydrogens (tertiary/aromatic N) is 1. The van der Waals surface area contributed by atoms with E-state index in [4.69, 9.17) is 9.47 Å². The lowest BCUT2D eigenvalue weighted by Gasteiger charge is -2.26. The largest absolute Gasteiger partial charge is 0.492 e. The molecule has 0 saturated carbocycles. The molecule has 0 radical (unpaired) electrons. The van der Waals surface area contributed by atoms with Crippen molar-refractivity contribution in [1.82, 2.24) is 10.2 Å². The third-order valence-corrected chi connectivity index (χ3v) is 3.91. The highest BCUT2D eigenvalue weighted by atomic mass is 16.5. The van der Waals surface area contributed by atoms with Gasteiger partial charge < -0.3 is 14.8 Å². The molecule has 0 aromatic heterocycles. The molecule has 0 aliphatic carbocycles. The lowest BCUT2D eigenvalue weighted by atomic mass is 10.0. The summed E-state index contributed by atoms with van der Waals surface area (Å²) in [5.41, 5.74) is 2.48. The Morgan fingerprint density at radius 3 is 2.81 bits per heavy atom. The Bertz CT molecular complexity index is 431. The summed E-state index contributed by atoms with van der Waals surface area (Å²) < 4.78 is 11.4. The van der Waals surface area contributed by atoms with Gasteiger partial charge in [-0.1, -0.05) is 19.1 Å². The van der Waals surface area contributed by atoms with Gasteiger partial charge in [-0.15, -0.1) is 0 Å². The smallest absolute Gasteiger partial charge is 0.124 e. The van der Waals surface area contributed by atoms with Gasteiger partial charge in [0.05, 0.1) is 13.2 Å². The van der Waals surface area contributed by atoms with Crippen LogP contribution in [0, 0.1) is 6.92 Å². The fourth-order valence-corrected chi connectivity index (χ4v) is 2.65. The maximum Gasteiger partial charge on any atom is 0.124 e. The summed E-state index contributed by atoms with van der Waals surface area (Å²) in [6.07, 6.45) is 0. The van der Waals surface area contributed by atoms with E-state index in [0.717, 1.165) is 51.7 Å². The molecule has 1 aliphatic heterocycles. The van der Waals surface area contributed by atoms with Gasteiger partial charge in [-0.05, 0) is 32.0 Å². The van der Waals surface area contributed by atoms with E-state index in [0.29, 0.717) is 6.04 Å². The van der Waals surface area contributed by atoms with Crippen molar-refractivity contribution in [1.29, 1.82) is 0 Å². The monoisotopic (exact) mass is 292 g/mol. The molecule has 1 N–H and O–H groups in total. The van der Waals surface area contributed by atoms with Crippen LogP contribution in [0.3, 0.4) is 0 Å². The Morgan fingerprint density at radius 1 is 1.33 bits per heavy atom. The van der Waals surface area contributed by atoms with Crippen molar-refractivity contribution in [3.8, 4) is 5.75 Å². The van der Waals surface area contributed by atoms with Gasteiger partial charge in [0.1, 0.15) is 12.4 Å².